The van der Waals surface area contributed by atoms with E-state index >= 15 is 0 Å². The molecule has 7 heteroatoms. The number of rotatable bonds is 6. The summed E-state index contributed by atoms with van der Waals surface area (Å²) in [6.45, 7) is 5.71. The molecule has 0 aliphatic rings. The Morgan fingerprint density at radius 3 is 2.38 bits per heavy atom. The van der Waals surface area contributed by atoms with Crippen molar-refractivity contribution in [2.24, 2.45) is 0 Å². The highest BCUT2D eigenvalue weighted by Crippen LogP contribution is 2.26. The Kier molecular flexibility index (Phi) is 6.31. The third-order valence-electron chi connectivity index (χ3n) is 4.17. The van der Waals surface area contributed by atoms with Crippen molar-refractivity contribution < 1.29 is 13.2 Å². The molecule has 5 nitrogen and oxygen atoms in total. The summed E-state index contributed by atoms with van der Waals surface area (Å²) in [6, 6.07) is 11.2. The molecular weight excluding hydrogens is 372 g/mol. The SMILES string of the molecule is CCC(C(=O)Nc1ccc(C)c(C)c1)N(c1cccc(Cl)c1)S(C)(=O)=O. The molecule has 2 rings (SSSR count). The summed E-state index contributed by atoms with van der Waals surface area (Å²) in [5, 5.41) is 3.22. The van der Waals surface area contributed by atoms with Crippen LogP contribution in [0, 0.1) is 13.8 Å². The number of halogens is 1. The Morgan fingerprint density at radius 2 is 1.85 bits per heavy atom. The minimum absolute atomic E-state index is 0.316. The van der Waals surface area contributed by atoms with Gasteiger partial charge in [-0.1, -0.05) is 30.7 Å². The number of aryl methyl sites for hydroxylation is 2. The lowest BCUT2D eigenvalue weighted by molar-refractivity contribution is -0.117. The fraction of sp³-hybridized carbons (Fsp3) is 0.316. The fourth-order valence-electron chi connectivity index (χ4n) is 2.72. The van der Waals surface area contributed by atoms with E-state index < -0.39 is 16.1 Å². The highest BCUT2D eigenvalue weighted by molar-refractivity contribution is 7.92. The number of anilines is 2. The number of hydrogen-bond donors (Lipinski definition) is 1. The van der Waals surface area contributed by atoms with Crippen molar-refractivity contribution in [3.63, 3.8) is 0 Å². The smallest absolute Gasteiger partial charge is 0.248 e. The average molecular weight is 395 g/mol. The van der Waals surface area contributed by atoms with Gasteiger partial charge in [-0.15, -0.1) is 0 Å². The lowest BCUT2D eigenvalue weighted by Gasteiger charge is -2.30. The first-order valence-electron chi connectivity index (χ1n) is 8.26. The van der Waals surface area contributed by atoms with E-state index in [1.165, 1.54) is 6.07 Å². The monoisotopic (exact) mass is 394 g/mol. The van der Waals surface area contributed by atoms with Gasteiger partial charge in [-0.3, -0.25) is 9.10 Å². The van der Waals surface area contributed by atoms with Crippen molar-refractivity contribution in [3.8, 4) is 0 Å². The van der Waals surface area contributed by atoms with Crippen LogP contribution in [0.4, 0.5) is 11.4 Å². The quantitative estimate of drug-likeness (QED) is 0.800. The zero-order valence-corrected chi connectivity index (χ0v) is 16.9. The van der Waals surface area contributed by atoms with Gasteiger partial charge in [0.2, 0.25) is 15.9 Å². The Labute approximate surface area is 160 Å². The normalized spacial score (nSPS) is 12.5. The van der Waals surface area contributed by atoms with Gasteiger partial charge in [-0.05, 0) is 61.7 Å². The van der Waals surface area contributed by atoms with Gasteiger partial charge in [0.05, 0.1) is 11.9 Å². The highest BCUT2D eigenvalue weighted by Gasteiger charge is 2.31. The topological polar surface area (TPSA) is 66.5 Å². The summed E-state index contributed by atoms with van der Waals surface area (Å²) in [7, 11) is -3.68. The van der Waals surface area contributed by atoms with Crippen LogP contribution in [0.1, 0.15) is 24.5 Å². The van der Waals surface area contributed by atoms with E-state index in [9.17, 15) is 13.2 Å². The van der Waals surface area contributed by atoms with Crippen molar-refractivity contribution in [3.05, 3.63) is 58.6 Å². The van der Waals surface area contributed by atoms with E-state index in [4.69, 9.17) is 11.6 Å². The third-order valence-corrected chi connectivity index (χ3v) is 5.58. The zero-order valence-electron chi connectivity index (χ0n) is 15.3. The highest BCUT2D eigenvalue weighted by atomic mass is 35.5. The molecule has 0 radical (unpaired) electrons. The Bertz CT molecular complexity index is 913. The van der Waals surface area contributed by atoms with Crippen molar-refractivity contribution >= 4 is 38.9 Å². The van der Waals surface area contributed by atoms with E-state index in [0.717, 1.165) is 21.7 Å². The molecule has 0 spiro atoms. The Hall–Kier alpha value is -2.05. The molecular formula is C19H23ClN2O3S. The van der Waals surface area contributed by atoms with Crippen LogP contribution in [0.2, 0.25) is 5.02 Å². The lowest BCUT2D eigenvalue weighted by Crippen LogP contribution is -2.47. The predicted molar refractivity (Wildman–Crippen MR) is 107 cm³/mol. The average Bonchev–Trinajstić information content (AvgIpc) is 2.54. The van der Waals surface area contributed by atoms with Crippen LogP contribution in [-0.2, 0) is 14.8 Å². The molecule has 1 unspecified atom stereocenters. The second kappa shape index (κ2) is 8.10. The van der Waals surface area contributed by atoms with Gasteiger partial charge >= 0.3 is 0 Å². The molecule has 0 heterocycles. The second-order valence-electron chi connectivity index (χ2n) is 6.25. The lowest BCUT2D eigenvalue weighted by atomic mass is 10.1. The number of amides is 1. The van der Waals surface area contributed by atoms with Crippen molar-refractivity contribution in [2.45, 2.75) is 33.2 Å². The zero-order chi connectivity index (χ0) is 19.5. The largest absolute Gasteiger partial charge is 0.324 e. The van der Waals surface area contributed by atoms with Crippen LogP contribution in [0.3, 0.4) is 0 Å². The number of sulfonamides is 1. The standard InChI is InChI=1S/C19H23ClN2O3S/c1-5-18(19(23)21-16-10-9-13(2)14(3)11-16)22(26(4,24)25)17-8-6-7-15(20)12-17/h6-12,18H,5H2,1-4H3,(H,21,23). The van der Waals surface area contributed by atoms with E-state index in [1.807, 2.05) is 26.0 Å². The van der Waals surface area contributed by atoms with Crippen molar-refractivity contribution in [1.82, 2.24) is 0 Å². The van der Waals surface area contributed by atoms with Crippen LogP contribution in [0.5, 0.6) is 0 Å². The molecule has 2 aromatic carbocycles. The van der Waals surface area contributed by atoms with Gasteiger partial charge in [-0.25, -0.2) is 8.42 Å². The summed E-state index contributed by atoms with van der Waals surface area (Å²) in [4.78, 5) is 12.8. The molecule has 2 aromatic rings. The molecule has 0 bridgehead atoms. The summed E-state index contributed by atoms with van der Waals surface area (Å²) >= 11 is 6.01. The molecule has 1 amide bonds. The molecule has 1 N–H and O–H groups in total. The van der Waals surface area contributed by atoms with Gasteiger partial charge in [0.25, 0.3) is 0 Å². The van der Waals surface area contributed by atoms with E-state index in [-0.39, 0.29) is 5.91 Å². The van der Waals surface area contributed by atoms with Crippen molar-refractivity contribution in [1.29, 1.82) is 0 Å². The van der Waals surface area contributed by atoms with Gasteiger partial charge in [-0.2, -0.15) is 0 Å². The minimum atomic E-state index is -3.68. The summed E-state index contributed by atoms with van der Waals surface area (Å²) in [6.07, 6.45) is 1.40. The van der Waals surface area contributed by atoms with Crippen LogP contribution >= 0.6 is 11.6 Å². The summed E-state index contributed by atoms with van der Waals surface area (Å²) in [5.41, 5.74) is 3.16. The van der Waals surface area contributed by atoms with E-state index in [1.54, 1.807) is 31.2 Å². The fourth-order valence-corrected chi connectivity index (χ4v) is 4.11. The maximum Gasteiger partial charge on any atom is 0.248 e. The maximum absolute atomic E-state index is 12.8. The number of carbonyl (C=O) groups is 1. The Morgan fingerprint density at radius 1 is 1.15 bits per heavy atom. The van der Waals surface area contributed by atoms with Gasteiger partial charge < -0.3 is 5.32 Å². The van der Waals surface area contributed by atoms with E-state index in [2.05, 4.69) is 5.32 Å². The molecule has 0 aromatic heterocycles. The molecule has 1 atom stereocenters. The molecule has 26 heavy (non-hydrogen) atoms. The number of hydrogen-bond acceptors (Lipinski definition) is 3. The maximum atomic E-state index is 12.8. The number of carbonyl (C=O) groups excluding carboxylic acids is 1. The first kappa shape index (κ1) is 20.3. The van der Waals surface area contributed by atoms with Gasteiger partial charge in [0.15, 0.2) is 0 Å². The summed E-state index contributed by atoms with van der Waals surface area (Å²) in [5.74, 6) is -0.388. The molecule has 0 aliphatic heterocycles. The van der Waals surface area contributed by atoms with Crippen LogP contribution in [-0.4, -0.2) is 26.6 Å². The van der Waals surface area contributed by atoms with Crippen LogP contribution < -0.4 is 9.62 Å². The molecule has 140 valence electrons. The number of benzene rings is 2. The van der Waals surface area contributed by atoms with Crippen LogP contribution in [0.25, 0.3) is 0 Å². The third kappa shape index (κ3) is 4.77. The first-order valence-corrected chi connectivity index (χ1v) is 10.5. The minimum Gasteiger partial charge on any atom is -0.324 e. The molecule has 0 saturated carbocycles. The van der Waals surface area contributed by atoms with Gasteiger partial charge in [0.1, 0.15) is 6.04 Å². The van der Waals surface area contributed by atoms with Crippen LogP contribution in [0.15, 0.2) is 42.5 Å². The van der Waals surface area contributed by atoms with Crippen molar-refractivity contribution in [2.75, 3.05) is 15.9 Å². The molecule has 0 saturated heterocycles. The summed E-state index contributed by atoms with van der Waals surface area (Å²) < 4.78 is 25.9. The molecule has 0 fully saturated rings. The van der Waals surface area contributed by atoms with E-state index in [0.29, 0.717) is 22.8 Å². The Balaban J connectivity index is 2.38. The van der Waals surface area contributed by atoms with Gasteiger partial charge in [0, 0.05) is 10.7 Å². The second-order valence-corrected chi connectivity index (χ2v) is 8.55. The number of nitrogens with zero attached hydrogens (tertiary/aromatic N) is 1. The predicted octanol–water partition coefficient (Wildman–Crippen LogP) is 4.14. The first-order chi connectivity index (χ1) is 12.1. The molecule has 0 aliphatic carbocycles. The number of nitrogens with one attached hydrogen (secondary N) is 1.